The lowest BCUT2D eigenvalue weighted by Crippen LogP contribution is -2.14. The lowest BCUT2D eigenvalue weighted by Gasteiger charge is -2.16. The van der Waals surface area contributed by atoms with Crippen LogP contribution in [0.3, 0.4) is 0 Å². The highest BCUT2D eigenvalue weighted by Crippen LogP contribution is 2.34. The number of allylic oxidation sites excluding steroid dienone is 1. The molecule has 0 bridgehead atoms. The number of carbonyl (C=O) groups is 1. The molecule has 0 atom stereocenters. The van der Waals surface area contributed by atoms with Gasteiger partial charge in [-0.3, -0.25) is 9.36 Å². The Morgan fingerprint density at radius 1 is 1.47 bits per heavy atom. The fourth-order valence-corrected chi connectivity index (χ4v) is 0.485. The van der Waals surface area contributed by atoms with E-state index in [0.29, 0.717) is 0 Å². The highest BCUT2D eigenvalue weighted by atomic mass is 31.2. The summed E-state index contributed by atoms with van der Waals surface area (Å²) in [7, 11) is -0.325. The lowest BCUT2D eigenvalue weighted by atomic mass is 10.5. The number of hydrogen-bond acceptors (Lipinski definition) is 6. The molecule has 90 valence electrons. The fraction of sp³-hybridized carbons (Fsp3) is 0.571. The third-order valence-electron chi connectivity index (χ3n) is 1.03. The van der Waals surface area contributed by atoms with Crippen molar-refractivity contribution in [3.8, 4) is 0 Å². The van der Waals surface area contributed by atoms with Crippen LogP contribution in [0.15, 0.2) is 11.8 Å². The fourth-order valence-electron chi connectivity index (χ4n) is 0.336. The highest BCUT2D eigenvalue weighted by molar-refractivity contribution is 7.45. The van der Waals surface area contributed by atoms with E-state index >= 15 is 0 Å². The predicted molar refractivity (Wildman–Crippen MR) is 52.1 cm³/mol. The Balaban J connectivity index is 0. The van der Waals surface area contributed by atoms with Crippen LogP contribution in [-0.2, 0) is 18.4 Å². The number of carbonyl (C=O) groups excluding carboxylic acids is 1. The molecule has 8 heteroatoms. The SMILES string of the molecule is CNC(=O)/C=C(/C)O.COP(=O)([O-])OC. The first kappa shape index (κ1) is 16.5. The summed E-state index contributed by atoms with van der Waals surface area (Å²) in [5.74, 6) is -0.269. The number of rotatable bonds is 3. The second kappa shape index (κ2) is 8.43. The van der Waals surface area contributed by atoms with Gasteiger partial charge in [0, 0.05) is 27.3 Å². The van der Waals surface area contributed by atoms with Crippen molar-refractivity contribution in [2.45, 2.75) is 6.92 Å². The smallest absolute Gasteiger partial charge is 0.267 e. The van der Waals surface area contributed by atoms with E-state index in [1.807, 2.05) is 0 Å². The third kappa shape index (κ3) is 13.1. The van der Waals surface area contributed by atoms with Crippen molar-refractivity contribution in [1.29, 1.82) is 0 Å². The Hall–Kier alpha value is -0.880. The molecule has 1 amide bonds. The van der Waals surface area contributed by atoms with Crippen LogP contribution < -0.4 is 10.2 Å². The first-order chi connectivity index (χ1) is 6.79. The van der Waals surface area contributed by atoms with Crippen LogP contribution in [0.1, 0.15) is 6.92 Å². The van der Waals surface area contributed by atoms with E-state index in [1.54, 1.807) is 0 Å². The van der Waals surface area contributed by atoms with E-state index in [-0.39, 0.29) is 11.7 Å². The van der Waals surface area contributed by atoms with Crippen molar-refractivity contribution in [2.24, 2.45) is 0 Å². The zero-order valence-corrected chi connectivity index (χ0v) is 9.91. The number of phosphoric acid groups is 1. The number of phosphoric ester groups is 1. The molecule has 7 nitrogen and oxygen atoms in total. The topological polar surface area (TPSA) is 108 Å². The molecule has 15 heavy (non-hydrogen) atoms. The van der Waals surface area contributed by atoms with Crippen molar-refractivity contribution < 1.29 is 28.4 Å². The van der Waals surface area contributed by atoms with Gasteiger partial charge in [0.2, 0.25) is 5.91 Å². The van der Waals surface area contributed by atoms with Crippen LogP contribution in [0.5, 0.6) is 0 Å². The molecular formula is C7H15NO6P-. The Labute approximate surface area is 88.3 Å². The van der Waals surface area contributed by atoms with Gasteiger partial charge < -0.3 is 24.4 Å². The van der Waals surface area contributed by atoms with Crippen molar-refractivity contribution >= 4 is 13.7 Å². The van der Waals surface area contributed by atoms with E-state index in [0.717, 1.165) is 20.3 Å². The normalized spacial score (nSPS) is 11.4. The summed E-state index contributed by atoms with van der Waals surface area (Å²) in [6.07, 6.45) is 1.11. The Morgan fingerprint density at radius 2 is 1.87 bits per heavy atom. The maximum absolute atomic E-state index is 10.3. The minimum atomic E-state index is -3.90. The minimum absolute atomic E-state index is 0.0179. The first-order valence-electron chi connectivity index (χ1n) is 3.80. The van der Waals surface area contributed by atoms with Gasteiger partial charge >= 0.3 is 0 Å². The van der Waals surface area contributed by atoms with E-state index < -0.39 is 7.82 Å². The molecule has 0 aliphatic carbocycles. The van der Waals surface area contributed by atoms with Gasteiger partial charge in [0.05, 0.1) is 5.76 Å². The number of aliphatic hydroxyl groups is 1. The van der Waals surface area contributed by atoms with Crippen molar-refractivity contribution in [3.63, 3.8) is 0 Å². The summed E-state index contributed by atoms with van der Waals surface area (Å²) in [6.45, 7) is 1.44. The summed E-state index contributed by atoms with van der Waals surface area (Å²) in [6, 6.07) is 0. The molecule has 0 saturated carbocycles. The summed E-state index contributed by atoms with van der Waals surface area (Å²) < 4.78 is 17.7. The van der Waals surface area contributed by atoms with Gasteiger partial charge in [0.1, 0.15) is 0 Å². The second-order valence-corrected chi connectivity index (χ2v) is 3.84. The maximum Gasteiger partial charge on any atom is 0.267 e. The van der Waals surface area contributed by atoms with Gasteiger partial charge in [0.15, 0.2) is 0 Å². The molecule has 0 unspecified atom stereocenters. The largest absolute Gasteiger partial charge is 0.756 e. The van der Waals surface area contributed by atoms with Crippen molar-refractivity contribution in [3.05, 3.63) is 11.8 Å². The number of aliphatic hydroxyl groups excluding tert-OH is 1. The average Bonchev–Trinajstić information content (AvgIpc) is 2.18. The summed E-state index contributed by atoms with van der Waals surface area (Å²) in [5.41, 5.74) is 0. The number of amides is 1. The molecule has 0 rings (SSSR count). The van der Waals surface area contributed by atoms with E-state index in [9.17, 15) is 14.3 Å². The maximum atomic E-state index is 10.3. The summed E-state index contributed by atoms with van der Waals surface area (Å²) >= 11 is 0. The Bertz CT molecular complexity index is 252. The summed E-state index contributed by atoms with van der Waals surface area (Å²) in [5, 5.41) is 10.8. The zero-order chi connectivity index (χ0) is 12.5. The van der Waals surface area contributed by atoms with Crippen LogP contribution in [0.25, 0.3) is 0 Å². The van der Waals surface area contributed by atoms with Crippen LogP contribution in [-0.4, -0.2) is 32.3 Å². The predicted octanol–water partition coefficient (Wildman–Crippen LogP) is -0.0582. The van der Waals surface area contributed by atoms with Crippen LogP contribution >= 0.6 is 7.82 Å². The summed E-state index contributed by atoms with van der Waals surface area (Å²) in [4.78, 5) is 20.2. The Morgan fingerprint density at radius 3 is 1.93 bits per heavy atom. The number of likely N-dealkylation sites (N-methyl/N-ethyl adjacent to an activating group) is 1. The minimum Gasteiger partial charge on any atom is -0.756 e. The van der Waals surface area contributed by atoms with Crippen molar-refractivity contribution in [1.82, 2.24) is 5.32 Å². The molecule has 0 aromatic rings. The molecule has 0 aromatic heterocycles. The number of nitrogens with one attached hydrogen (secondary N) is 1. The first-order valence-corrected chi connectivity index (χ1v) is 5.26. The zero-order valence-electron chi connectivity index (χ0n) is 9.01. The van der Waals surface area contributed by atoms with Crippen LogP contribution in [0, 0.1) is 0 Å². The molecule has 0 aliphatic rings. The van der Waals surface area contributed by atoms with Gasteiger partial charge in [-0.05, 0) is 6.92 Å². The molecule has 0 aromatic carbocycles. The molecule has 0 aliphatic heterocycles. The van der Waals surface area contributed by atoms with Gasteiger partial charge in [-0.1, -0.05) is 0 Å². The van der Waals surface area contributed by atoms with Crippen LogP contribution in [0.2, 0.25) is 0 Å². The monoisotopic (exact) mass is 240 g/mol. The Kier molecular flexibility index (Phi) is 9.30. The molecule has 0 radical (unpaired) electrons. The average molecular weight is 240 g/mol. The van der Waals surface area contributed by atoms with Gasteiger partial charge in [0.25, 0.3) is 7.82 Å². The van der Waals surface area contributed by atoms with Gasteiger partial charge in [-0.25, -0.2) is 0 Å². The van der Waals surface area contributed by atoms with Crippen molar-refractivity contribution in [2.75, 3.05) is 21.3 Å². The van der Waals surface area contributed by atoms with E-state index in [2.05, 4.69) is 14.4 Å². The molecule has 0 spiro atoms. The van der Waals surface area contributed by atoms with Crippen LogP contribution in [0.4, 0.5) is 0 Å². The van der Waals surface area contributed by atoms with Gasteiger partial charge in [-0.15, -0.1) is 0 Å². The molecule has 2 N–H and O–H groups in total. The molecule has 0 fully saturated rings. The lowest BCUT2D eigenvalue weighted by molar-refractivity contribution is -0.220. The standard InChI is InChI=1S/C5H9NO2.C2H7O4P/c1-4(7)3-5(8)6-2;1-5-7(3,4)6-2/h3,7H,1-2H3,(H,6,8);1-2H3,(H,3,4)/p-1/b4-3-;. The quantitative estimate of drug-likeness (QED) is 0.406. The van der Waals surface area contributed by atoms with Gasteiger partial charge in [-0.2, -0.15) is 0 Å². The van der Waals surface area contributed by atoms with E-state index in [4.69, 9.17) is 5.11 Å². The molecule has 0 heterocycles. The third-order valence-corrected chi connectivity index (χ3v) is 1.93. The molecule has 0 saturated heterocycles. The second-order valence-electron chi connectivity index (χ2n) is 2.21. The highest BCUT2D eigenvalue weighted by Gasteiger charge is 1.98. The molecular weight excluding hydrogens is 225 g/mol. The van der Waals surface area contributed by atoms with E-state index in [1.165, 1.54) is 14.0 Å². The number of hydrogen-bond donors (Lipinski definition) is 2.